The summed E-state index contributed by atoms with van der Waals surface area (Å²) in [5, 5.41) is 9.39. The molecular formula is C12H16N2O. The molecule has 3 heteroatoms. The van der Waals surface area contributed by atoms with Crippen molar-refractivity contribution in [2.45, 2.75) is 32.9 Å². The summed E-state index contributed by atoms with van der Waals surface area (Å²) < 4.78 is 1.86. The molecule has 15 heavy (non-hydrogen) atoms. The molecule has 0 aliphatic carbocycles. The normalized spacial score (nSPS) is 12.3. The fourth-order valence-electron chi connectivity index (χ4n) is 1.79. The van der Waals surface area contributed by atoms with E-state index in [0.717, 1.165) is 16.9 Å². The number of aliphatic hydroxyl groups is 1. The van der Waals surface area contributed by atoms with Crippen LogP contribution < -0.4 is 0 Å². The quantitative estimate of drug-likeness (QED) is 0.774. The highest BCUT2D eigenvalue weighted by Gasteiger charge is 2.22. The second-order valence-electron chi connectivity index (χ2n) is 4.74. The van der Waals surface area contributed by atoms with Gasteiger partial charge in [-0.3, -0.25) is 0 Å². The highest BCUT2D eigenvalue weighted by Crippen LogP contribution is 2.25. The van der Waals surface area contributed by atoms with Gasteiger partial charge in [-0.1, -0.05) is 32.9 Å². The number of aliphatic hydroxyl groups excluding tert-OH is 1. The van der Waals surface area contributed by atoms with Gasteiger partial charge < -0.3 is 9.67 Å². The zero-order valence-electron chi connectivity index (χ0n) is 9.36. The summed E-state index contributed by atoms with van der Waals surface area (Å²) in [5.41, 5.74) is 1.88. The Bertz CT molecular complexity index is 480. The van der Waals surface area contributed by atoms with Crippen molar-refractivity contribution >= 4 is 11.0 Å². The van der Waals surface area contributed by atoms with E-state index in [0.29, 0.717) is 0 Å². The van der Waals surface area contributed by atoms with Crippen molar-refractivity contribution in [1.29, 1.82) is 0 Å². The first-order valence-corrected chi connectivity index (χ1v) is 5.10. The van der Waals surface area contributed by atoms with E-state index in [4.69, 9.17) is 0 Å². The van der Waals surface area contributed by atoms with E-state index < -0.39 is 0 Å². The van der Waals surface area contributed by atoms with Crippen LogP contribution in [-0.2, 0) is 12.1 Å². The van der Waals surface area contributed by atoms with Crippen molar-refractivity contribution in [3.05, 3.63) is 30.1 Å². The first-order valence-electron chi connectivity index (χ1n) is 5.10. The average molecular weight is 204 g/mol. The Kier molecular flexibility index (Phi) is 2.27. The lowest BCUT2D eigenvalue weighted by molar-refractivity contribution is 0.205. The lowest BCUT2D eigenvalue weighted by Crippen LogP contribution is -2.19. The van der Waals surface area contributed by atoms with Crippen molar-refractivity contribution in [3.63, 3.8) is 0 Å². The van der Waals surface area contributed by atoms with Gasteiger partial charge in [0.1, 0.15) is 12.6 Å². The number of fused-ring (bicyclic) bond motifs is 1. The van der Waals surface area contributed by atoms with Crippen LogP contribution in [0.25, 0.3) is 11.0 Å². The van der Waals surface area contributed by atoms with Crippen LogP contribution in [0, 0.1) is 0 Å². The number of para-hydroxylation sites is 2. The lowest BCUT2D eigenvalue weighted by Gasteiger charge is -2.18. The molecule has 0 atom stereocenters. The van der Waals surface area contributed by atoms with Gasteiger partial charge in [-0.25, -0.2) is 4.98 Å². The van der Waals surface area contributed by atoms with Gasteiger partial charge in [-0.15, -0.1) is 0 Å². The molecule has 0 unspecified atom stereocenters. The summed E-state index contributed by atoms with van der Waals surface area (Å²) in [6, 6.07) is 7.87. The molecule has 0 spiro atoms. The molecule has 2 aromatic rings. The van der Waals surface area contributed by atoms with Crippen LogP contribution in [0.15, 0.2) is 24.3 Å². The lowest BCUT2D eigenvalue weighted by atomic mass is 9.96. The summed E-state index contributed by atoms with van der Waals surface area (Å²) in [6.07, 6.45) is 0. The molecule has 0 saturated heterocycles. The maximum absolute atomic E-state index is 9.39. The molecule has 1 N–H and O–H groups in total. The number of hydrogen-bond donors (Lipinski definition) is 1. The van der Waals surface area contributed by atoms with Crippen molar-refractivity contribution in [3.8, 4) is 0 Å². The third-order valence-corrected chi connectivity index (χ3v) is 2.47. The topological polar surface area (TPSA) is 38.0 Å². The van der Waals surface area contributed by atoms with E-state index in [1.54, 1.807) is 0 Å². The summed E-state index contributed by atoms with van der Waals surface area (Å²) in [4.78, 5) is 4.56. The monoisotopic (exact) mass is 204 g/mol. The van der Waals surface area contributed by atoms with Crippen molar-refractivity contribution in [2.75, 3.05) is 0 Å². The molecule has 0 saturated carbocycles. The number of nitrogens with zero attached hydrogens (tertiary/aromatic N) is 2. The predicted octanol–water partition coefficient (Wildman–Crippen LogP) is 2.28. The van der Waals surface area contributed by atoms with Gasteiger partial charge in [0, 0.05) is 5.41 Å². The SMILES string of the molecule is CC(C)(C)c1nc2ccccc2n1CO. The number of aromatic nitrogens is 2. The summed E-state index contributed by atoms with van der Waals surface area (Å²) in [5.74, 6) is 0.922. The number of hydrogen-bond acceptors (Lipinski definition) is 2. The number of benzene rings is 1. The molecule has 0 fully saturated rings. The molecule has 3 nitrogen and oxygen atoms in total. The zero-order chi connectivity index (χ0) is 11.1. The Morgan fingerprint density at radius 1 is 1.27 bits per heavy atom. The third-order valence-electron chi connectivity index (χ3n) is 2.47. The summed E-state index contributed by atoms with van der Waals surface area (Å²) >= 11 is 0. The van der Waals surface area contributed by atoms with E-state index in [1.807, 2.05) is 28.8 Å². The Morgan fingerprint density at radius 2 is 1.93 bits per heavy atom. The summed E-state index contributed by atoms with van der Waals surface area (Å²) in [7, 11) is 0. The number of rotatable bonds is 1. The predicted molar refractivity (Wildman–Crippen MR) is 60.7 cm³/mol. The minimum atomic E-state index is -0.0538. The van der Waals surface area contributed by atoms with Gasteiger partial charge in [0.15, 0.2) is 0 Å². The van der Waals surface area contributed by atoms with Gasteiger partial charge in [-0.2, -0.15) is 0 Å². The van der Waals surface area contributed by atoms with Crippen LogP contribution in [0.4, 0.5) is 0 Å². The fourth-order valence-corrected chi connectivity index (χ4v) is 1.79. The molecule has 0 amide bonds. The smallest absolute Gasteiger partial charge is 0.121 e. The van der Waals surface area contributed by atoms with E-state index in [2.05, 4.69) is 25.8 Å². The van der Waals surface area contributed by atoms with Gasteiger partial charge in [-0.05, 0) is 12.1 Å². The summed E-state index contributed by atoms with van der Waals surface area (Å²) in [6.45, 7) is 6.27. The van der Waals surface area contributed by atoms with Gasteiger partial charge >= 0.3 is 0 Å². The largest absolute Gasteiger partial charge is 0.376 e. The molecule has 0 bridgehead atoms. The van der Waals surface area contributed by atoms with Crippen molar-refractivity contribution in [2.24, 2.45) is 0 Å². The van der Waals surface area contributed by atoms with E-state index in [-0.39, 0.29) is 12.1 Å². The second kappa shape index (κ2) is 3.35. The van der Waals surface area contributed by atoms with Crippen molar-refractivity contribution in [1.82, 2.24) is 9.55 Å². The Labute approximate surface area is 89.4 Å². The van der Waals surface area contributed by atoms with E-state index in [9.17, 15) is 5.11 Å². The highest BCUT2D eigenvalue weighted by molar-refractivity contribution is 5.76. The van der Waals surface area contributed by atoms with Gasteiger partial charge in [0.25, 0.3) is 0 Å². The van der Waals surface area contributed by atoms with Crippen LogP contribution in [-0.4, -0.2) is 14.7 Å². The second-order valence-corrected chi connectivity index (χ2v) is 4.74. The van der Waals surface area contributed by atoms with E-state index in [1.165, 1.54) is 0 Å². The highest BCUT2D eigenvalue weighted by atomic mass is 16.3. The minimum absolute atomic E-state index is 0.0207. The van der Waals surface area contributed by atoms with Crippen LogP contribution >= 0.6 is 0 Å². The molecule has 0 radical (unpaired) electrons. The molecule has 1 heterocycles. The van der Waals surface area contributed by atoms with Crippen LogP contribution in [0.5, 0.6) is 0 Å². The average Bonchev–Trinajstić information content (AvgIpc) is 2.55. The van der Waals surface area contributed by atoms with Crippen LogP contribution in [0.3, 0.4) is 0 Å². The van der Waals surface area contributed by atoms with Crippen LogP contribution in [0.1, 0.15) is 26.6 Å². The Balaban J connectivity index is 2.75. The minimum Gasteiger partial charge on any atom is -0.376 e. The molecule has 1 aromatic carbocycles. The molecular weight excluding hydrogens is 188 g/mol. The first-order chi connectivity index (χ1) is 7.04. The Morgan fingerprint density at radius 3 is 2.53 bits per heavy atom. The molecule has 1 aromatic heterocycles. The van der Waals surface area contributed by atoms with Crippen LogP contribution in [0.2, 0.25) is 0 Å². The third kappa shape index (κ3) is 1.63. The van der Waals surface area contributed by atoms with Gasteiger partial charge in [0.2, 0.25) is 0 Å². The standard InChI is InChI=1S/C12H16N2O/c1-12(2,3)11-13-9-6-4-5-7-10(9)14(11)8-15/h4-7,15H,8H2,1-3H3. The van der Waals surface area contributed by atoms with Gasteiger partial charge in [0.05, 0.1) is 11.0 Å². The molecule has 2 rings (SSSR count). The zero-order valence-corrected chi connectivity index (χ0v) is 9.36. The maximum atomic E-state index is 9.39. The molecule has 0 aliphatic rings. The van der Waals surface area contributed by atoms with E-state index >= 15 is 0 Å². The fraction of sp³-hybridized carbons (Fsp3) is 0.417. The first kappa shape index (κ1) is 10.2. The maximum Gasteiger partial charge on any atom is 0.121 e. The molecule has 0 aliphatic heterocycles. The van der Waals surface area contributed by atoms with Crippen molar-refractivity contribution < 1.29 is 5.11 Å². The number of imidazole rings is 1. The molecule has 80 valence electrons. The Hall–Kier alpha value is -1.35.